The Morgan fingerprint density at radius 3 is 2.46 bits per heavy atom. The lowest BCUT2D eigenvalue weighted by molar-refractivity contribution is -0.121. The zero-order valence-electron chi connectivity index (χ0n) is 13.6. The van der Waals surface area contributed by atoms with Gasteiger partial charge < -0.3 is 10.1 Å². The summed E-state index contributed by atoms with van der Waals surface area (Å²) >= 11 is 12.4. The monoisotopic (exact) mass is 394 g/mol. The molecule has 0 aromatic heterocycles. The van der Waals surface area contributed by atoms with Crippen molar-refractivity contribution >= 4 is 41.2 Å². The van der Waals surface area contributed by atoms with Crippen LogP contribution in [0, 0.1) is 5.82 Å². The third kappa shape index (κ3) is 3.81. The maximum absolute atomic E-state index is 13.2. The number of urea groups is 1. The van der Waals surface area contributed by atoms with Gasteiger partial charge in [0.05, 0.1) is 10.0 Å². The number of halogens is 3. The second-order valence-corrected chi connectivity index (χ2v) is 6.40. The second-order valence-electron chi connectivity index (χ2n) is 5.58. The third-order valence-electron chi connectivity index (χ3n) is 3.69. The highest BCUT2D eigenvalue weighted by molar-refractivity contribution is 6.37. The van der Waals surface area contributed by atoms with Crippen molar-refractivity contribution in [3.8, 4) is 5.75 Å². The number of likely N-dealkylation sites (N-methyl/N-ethyl adjacent to an activating group) is 1. The van der Waals surface area contributed by atoms with Gasteiger partial charge in [-0.15, -0.1) is 0 Å². The highest BCUT2D eigenvalue weighted by atomic mass is 35.5. The number of hydrogen-bond acceptors (Lipinski definition) is 3. The van der Waals surface area contributed by atoms with Crippen molar-refractivity contribution in [2.75, 3.05) is 7.05 Å². The topological polar surface area (TPSA) is 58.6 Å². The number of rotatable bonds is 4. The molecule has 2 aromatic rings. The molecule has 3 rings (SSSR count). The SMILES string of the molecule is CN1C(=O)N/C(=C/c2cc(Cl)c(OCc3cccc(F)c3)c(Cl)c2)C1=O. The van der Waals surface area contributed by atoms with Crippen LogP contribution in [0.15, 0.2) is 42.1 Å². The number of imide groups is 1. The van der Waals surface area contributed by atoms with Crippen LogP contribution in [0.1, 0.15) is 11.1 Å². The Kier molecular flexibility index (Phi) is 5.15. The molecule has 2 aromatic carbocycles. The number of carbonyl (C=O) groups excluding carboxylic acids is 2. The van der Waals surface area contributed by atoms with Crippen molar-refractivity contribution in [3.63, 3.8) is 0 Å². The summed E-state index contributed by atoms with van der Waals surface area (Å²) in [5.74, 6) is -0.564. The number of ether oxygens (including phenoxy) is 1. The Morgan fingerprint density at radius 2 is 1.88 bits per heavy atom. The largest absolute Gasteiger partial charge is 0.486 e. The summed E-state index contributed by atoms with van der Waals surface area (Å²) in [4.78, 5) is 24.3. The van der Waals surface area contributed by atoms with Gasteiger partial charge in [0, 0.05) is 7.05 Å². The third-order valence-corrected chi connectivity index (χ3v) is 4.25. The quantitative estimate of drug-likeness (QED) is 0.623. The minimum Gasteiger partial charge on any atom is -0.486 e. The van der Waals surface area contributed by atoms with Crippen LogP contribution in [-0.4, -0.2) is 23.9 Å². The van der Waals surface area contributed by atoms with Gasteiger partial charge in [0.1, 0.15) is 18.1 Å². The molecule has 0 atom stereocenters. The van der Waals surface area contributed by atoms with Gasteiger partial charge in [0.25, 0.3) is 5.91 Å². The van der Waals surface area contributed by atoms with Gasteiger partial charge in [0.2, 0.25) is 0 Å². The van der Waals surface area contributed by atoms with E-state index in [1.807, 2.05) is 0 Å². The molecule has 1 aliphatic rings. The zero-order valence-corrected chi connectivity index (χ0v) is 15.1. The molecule has 1 N–H and O–H groups in total. The molecule has 0 radical (unpaired) electrons. The van der Waals surface area contributed by atoms with Crippen LogP contribution in [0.5, 0.6) is 5.75 Å². The average Bonchev–Trinajstić information content (AvgIpc) is 2.81. The standard InChI is InChI=1S/C18H13Cl2FN2O3/c1-23-17(24)15(22-18(23)25)8-11-6-13(19)16(14(20)7-11)26-9-10-3-2-4-12(21)5-10/h2-8H,9H2,1H3,(H,22,25)/b15-8+. The summed E-state index contributed by atoms with van der Waals surface area (Å²) in [5.41, 5.74) is 1.28. The van der Waals surface area contributed by atoms with E-state index >= 15 is 0 Å². The highest BCUT2D eigenvalue weighted by Gasteiger charge is 2.30. The Morgan fingerprint density at radius 1 is 1.19 bits per heavy atom. The predicted molar refractivity (Wildman–Crippen MR) is 96.5 cm³/mol. The predicted octanol–water partition coefficient (Wildman–Crippen LogP) is 4.23. The number of benzene rings is 2. The van der Waals surface area contributed by atoms with Gasteiger partial charge in [-0.2, -0.15) is 0 Å². The fraction of sp³-hybridized carbons (Fsp3) is 0.111. The fourth-order valence-corrected chi connectivity index (χ4v) is 2.99. The zero-order chi connectivity index (χ0) is 18.8. The first-order valence-corrected chi connectivity index (χ1v) is 8.28. The van der Waals surface area contributed by atoms with Gasteiger partial charge in [-0.25, -0.2) is 9.18 Å². The normalized spacial score (nSPS) is 15.5. The molecule has 0 spiro atoms. The Labute approximate surface area is 159 Å². The van der Waals surface area contributed by atoms with Gasteiger partial charge in [-0.3, -0.25) is 9.69 Å². The van der Waals surface area contributed by atoms with E-state index in [4.69, 9.17) is 27.9 Å². The lowest BCUT2D eigenvalue weighted by Crippen LogP contribution is -2.25. The first-order chi connectivity index (χ1) is 12.3. The van der Waals surface area contributed by atoms with E-state index in [2.05, 4.69) is 5.32 Å². The summed E-state index contributed by atoms with van der Waals surface area (Å²) in [6.45, 7) is 0.0942. The van der Waals surface area contributed by atoms with Gasteiger partial charge >= 0.3 is 6.03 Å². The molecule has 1 saturated heterocycles. The van der Waals surface area contributed by atoms with Crippen molar-refractivity contribution < 1.29 is 18.7 Å². The molecule has 1 aliphatic heterocycles. The van der Waals surface area contributed by atoms with Crippen LogP contribution in [0.2, 0.25) is 10.0 Å². The molecule has 26 heavy (non-hydrogen) atoms. The summed E-state index contributed by atoms with van der Waals surface area (Å²) in [7, 11) is 1.38. The van der Waals surface area contributed by atoms with Gasteiger partial charge in [-0.1, -0.05) is 35.3 Å². The lowest BCUT2D eigenvalue weighted by Gasteiger charge is -2.11. The maximum atomic E-state index is 13.2. The van der Waals surface area contributed by atoms with Crippen LogP contribution < -0.4 is 10.1 Å². The highest BCUT2D eigenvalue weighted by Crippen LogP contribution is 2.35. The van der Waals surface area contributed by atoms with E-state index in [-0.39, 0.29) is 33.9 Å². The summed E-state index contributed by atoms with van der Waals surface area (Å²) in [6, 6.07) is 8.59. The molecule has 0 aliphatic carbocycles. The molecule has 1 heterocycles. The van der Waals surface area contributed by atoms with Gasteiger partial charge in [0.15, 0.2) is 5.75 Å². The molecule has 0 saturated carbocycles. The number of amides is 3. The minimum atomic E-state index is -0.506. The average molecular weight is 395 g/mol. The van der Waals surface area contributed by atoms with E-state index in [1.165, 1.54) is 25.3 Å². The summed E-state index contributed by atoms with van der Waals surface area (Å²) in [5, 5.41) is 2.91. The lowest BCUT2D eigenvalue weighted by atomic mass is 10.1. The van der Waals surface area contributed by atoms with E-state index in [9.17, 15) is 14.0 Å². The van der Waals surface area contributed by atoms with Crippen molar-refractivity contribution in [3.05, 3.63) is 69.1 Å². The molecule has 0 unspecified atom stereocenters. The number of nitrogens with one attached hydrogen (secondary N) is 1. The molecule has 5 nitrogen and oxygen atoms in total. The van der Waals surface area contributed by atoms with Crippen LogP contribution >= 0.6 is 23.2 Å². The Balaban J connectivity index is 1.80. The smallest absolute Gasteiger partial charge is 0.328 e. The van der Waals surface area contributed by atoms with Crippen LogP contribution in [0.3, 0.4) is 0 Å². The van der Waals surface area contributed by atoms with Gasteiger partial charge in [-0.05, 0) is 41.5 Å². The minimum absolute atomic E-state index is 0.0942. The molecule has 3 amide bonds. The molecule has 0 bridgehead atoms. The van der Waals surface area contributed by atoms with Crippen molar-refractivity contribution in [2.24, 2.45) is 0 Å². The van der Waals surface area contributed by atoms with Crippen LogP contribution in [-0.2, 0) is 11.4 Å². The molecule has 1 fully saturated rings. The van der Waals surface area contributed by atoms with Crippen molar-refractivity contribution in [2.45, 2.75) is 6.61 Å². The Hall–Kier alpha value is -2.57. The summed E-state index contributed by atoms with van der Waals surface area (Å²) < 4.78 is 18.8. The number of carbonyl (C=O) groups is 2. The molecule has 134 valence electrons. The number of hydrogen-bond donors (Lipinski definition) is 1. The van der Waals surface area contributed by atoms with Crippen molar-refractivity contribution in [1.82, 2.24) is 10.2 Å². The van der Waals surface area contributed by atoms with E-state index < -0.39 is 11.9 Å². The number of nitrogens with zero attached hydrogens (tertiary/aromatic N) is 1. The first-order valence-electron chi connectivity index (χ1n) is 7.52. The summed E-state index contributed by atoms with van der Waals surface area (Å²) in [6.07, 6.45) is 1.47. The Bertz CT molecular complexity index is 907. The van der Waals surface area contributed by atoms with Crippen molar-refractivity contribution in [1.29, 1.82) is 0 Å². The van der Waals surface area contributed by atoms with E-state index in [0.29, 0.717) is 11.1 Å². The molecular formula is C18H13Cl2FN2O3. The second kappa shape index (κ2) is 7.35. The van der Waals surface area contributed by atoms with Crippen LogP contribution in [0.25, 0.3) is 6.08 Å². The van der Waals surface area contributed by atoms with E-state index in [1.54, 1.807) is 24.3 Å². The van der Waals surface area contributed by atoms with E-state index in [0.717, 1.165) is 4.90 Å². The maximum Gasteiger partial charge on any atom is 0.328 e. The fourth-order valence-electron chi connectivity index (χ4n) is 2.37. The first kappa shape index (κ1) is 18.2. The molecular weight excluding hydrogens is 382 g/mol. The molecule has 8 heteroatoms. The van der Waals surface area contributed by atoms with Crippen LogP contribution in [0.4, 0.5) is 9.18 Å².